The fourth-order valence-corrected chi connectivity index (χ4v) is 5.04. The maximum absolute atomic E-state index is 13.0. The molecule has 1 amide bonds. The van der Waals surface area contributed by atoms with Crippen molar-refractivity contribution in [2.24, 2.45) is 11.8 Å². The predicted octanol–water partition coefficient (Wildman–Crippen LogP) is 1.49. The number of halogens is 2. The van der Waals surface area contributed by atoms with Crippen LogP contribution in [-0.4, -0.2) is 82.4 Å². The van der Waals surface area contributed by atoms with Crippen LogP contribution in [0.5, 0.6) is 0 Å². The van der Waals surface area contributed by atoms with Gasteiger partial charge in [-0.25, -0.2) is 8.78 Å². The van der Waals surface area contributed by atoms with Crippen molar-refractivity contribution in [3.8, 4) is 0 Å². The molecule has 0 aliphatic carbocycles. The summed E-state index contributed by atoms with van der Waals surface area (Å²) in [6.07, 6.45) is 0.517. The van der Waals surface area contributed by atoms with E-state index in [1.165, 1.54) is 11.8 Å². The van der Waals surface area contributed by atoms with E-state index in [4.69, 9.17) is 4.74 Å². The summed E-state index contributed by atoms with van der Waals surface area (Å²) in [4.78, 5) is 12.6. The molecule has 7 nitrogen and oxygen atoms in total. The Hall–Kier alpha value is -0.520. The van der Waals surface area contributed by atoms with Gasteiger partial charge in [0, 0.05) is 13.0 Å². The lowest BCUT2D eigenvalue weighted by Crippen LogP contribution is -2.57. The zero-order chi connectivity index (χ0) is 23.2. The van der Waals surface area contributed by atoms with Gasteiger partial charge in [0.15, 0.2) is 0 Å². The van der Waals surface area contributed by atoms with Crippen molar-refractivity contribution in [3.63, 3.8) is 0 Å². The Bertz CT molecular complexity index is 566. The van der Waals surface area contributed by atoms with E-state index in [-0.39, 0.29) is 30.2 Å². The molecule has 0 spiro atoms. The number of rotatable bonds is 10. The number of carbonyl (C=O) groups excluding carboxylic acids is 1. The van der Waals surface area contributed by atoms with Crippen LogP contribution in [0.15, 0.2) is 0 Å². The van der Waals surface area contributed by atoms with Crippen LogP contribution in [0, 0.1) is 11.8 Å². The first-order valence-corrected chi connectivity index (χ1v) is 12.4. The van der Waals surface area contributed by atoms with Crippen molar-refractivity contribution in [1.29, 1.82) is 0 Å². The van der Waals surface area contributed by atoms with E-state index in [2.05, 4.69) is 10.6 Å². The molecule has 0 bridgehead atoms. The van der Waals surface area contributed by atoms with Gasteiger partial charge in [-0.2, -0.15) is 0 Å². The third kappa shape index (κ3) is 8.40. The Morgan fingerprint density at radius 1 is 1.29 bits per heavy atom. The highest BCUT2D eigenvalue weighted by molar-refractivity contribution is 7.99. The average molecular weight is 469 g/mol. The third-order valence-electron chi connectivity index (χ3n) is 6.22. The fourth-order valence-electron chi connectivity index (χ4n) is 4.34. The molecule has 182 valence electrons. The second-order valence-electron chi connectivity index (χ2n) is 9.20. The summed E-state index contributed by atoms with van der Waals surface area (Å²) < 4.78 is 31.7. The molecular formula is C21H38F2N2O5S. The van der Waals surface area contributed by atoms with E-state index >= 15 is 0 Å². The number of hydrogen-bond donors (Lipinski definition) is 5. The van der Waals surface area contributed by atoms with E-state index in [1.807, 2.05) is 6.92 Å². The SMILES string of the molecule is CSC1OC(CC(C)CNC(=O)C2CC(CCCC(C)(F)F)CCN2)C(O)C(O)C1O. The summed E-state index contributed by atoms with van der Waals surface area (Å²) in [6.45, 7) is 3.94. The Morgan fingerprint density at radius 3 is 2.65 bits per heavy atom. The number of aliphatic hydroxyl groups is 3. The number of piperidine rings is 1. The number of ether oxygens (including phenoxy) is 1. The molecule has 10 heteroatoms. The van der Waals surface area contributed by atoms with Gasteiger partial charge in [-0.15, -0.1) is 11.8 Å². The zero-order valence-electron chi connectivity index (χ0n) is 18.6. The van der Waals surface area contributed by atoms with Crippen LogP contribution in [0.1, 0.15) is 52.4 Å². The number of thioether (sulfide) groups is 1. The Labute approximate surface area is 187 Å². The lowest BCUT2D eigenvalue weighted by atomic mass is 9.87. The fraction of sp³-hybridized carbons (Fsp3) is 0.952. The number of aliphatic hydroxyl groups excluding tert-OH is 3. The third-order valence-corrected chi connectivity index (χ3v) is 7.07. The highest BCUT2D eigenvalue weighted by Crippen LogP contribution is 2.30. The quantitative estimate of drug-likeness (QED) is 0.330. The lowest BCUT2D eigenvalue weighted by Gasteiger charge is -2.40. The van der Waals surface area contributed by atoms with E-state index < -0.39 is 35.8 Å². The normalized spacial score (nSPS) is 35.5. The topological polar surface area (TPSA) is 111 Å². The van der Waals surface area contributed by atoms with Gasteiger partial charge >= 0.3 is 0 Å². The summed E-state index contributed by atoms with van der Waals surface area (Å²) in [5, 5.41) is 36.3. The smallest absolute Gasteiger partial charge is 0.245 e. The number of hydrogen-bond acceptors (Lipinski definition) is 7. The van der Waals surface area contributed by atoms with Gasteiger partial charge in [-0.1, -0.05) is 13.3 Å². The van der Waals surface area contributed by atoms with Crippen LogP contribution in [-0.2, 0) is 9.53 Å². The molecule has 5 N–H and O–H groups in total. The molecule has 0 saturated carbocycles. The van der Waals surface area contributed by atoms with E-state index in [0.717, 1.165) is 13.3 Å². The number of nitrogens with one attached hydrogen (secondary N) is 2. The van der Waals surface area contributed by atoms with Crippen LogP contribution in [0.4, 0.5) is 8.78 Å². The zero-order valence-corrected chi connectivity index (χ0v) is 19.4. The first-order chi connectivity index (χ1) is 14.5. The summed E-state index contributed by atoms with van der Waals surface area (Å²) in [7, 11) is 0. The molecule has 0 aromatic rings. The van der Waals surface area contributed by atoms with Crippen molar-refractivity contribution in [1.82, 2.24) is 10.6 Å². The molecule has 8 atom stereocenters. The molecule has 2 heterocycles. The Kier molecular flexibility index (Phi) is 10.4. The Morgan fingerprint density at radius 2 is 2.00 bits per heavy atom. The van der Waals surface area contributed by atoms with Gasteiger partial charge in [0.2, 0.25) is 11.8 Å². The van der Waals surface area contributed by atoms with E-state index in [1.54, 1.807) is 6.26 Å². The molecule has 0 radical (unpaired) electrons. The van der Waals surface area contributed by atoms with Gasteiger partial charge in [0.25, 0.3) is 0 Å². The standard InChI is InChI=1S/C21H38F2N2O5S/c1-12(9-15-16(26)17(27)18(28)20(30-15)31-3)11-25-19(29)14-10-13(6-8-24-14)5-4-7-21(2,22)23/h12-18,20,24,26-28H,4-11H2,1-3H3,(H,25,29). The van der Waals surface area contributed by atoms with E-state index in [0.29, 0.717) is 38.8 Å². The predicted molar refractivity (Wildman–Crippen MR) is 116 cm³/mol. The summed E-state index contributed by atoms with van der Waals surface area (Å²) in [6, 6.07) is -0.331. The monoisotopic (exact) mass is 468 g/mol. The van der Waals surface area contributed by atoms with Crippen LogP contribution in [0.3, 0.4) is 0 Å². The molecular weight excluding hydrogens is 430 g/mol. The van der Waals surface area contributed by atoms with Gasteiger partial charge < -0.3 is 30.7 Å². The van der Waals surface area contributed by atoms with Crippen molar-refractivity contribution in [2.75, 3.05) is 19.3 Å². The minimum absolute atomic E-state index is 0.0141. The molecule has 2 aliphatic rings. The second kappa shape index (κ2) is 12.1. The molecule has 2 fully saturated rings. The molecule has 2 saturated heterocycles. The van der Waals surface area contributed by atoms with Gasteiger partial charge in [0.1, 0.15) is 23.7 Å². The van der Waals surface area contributed by atoms with E-state index in [9.17, 15) is 28.9 Å². The maximum atomic E-state index is 13.0. The van der Waals surface area contributed by atoms with Crippen LogP contribution in [0.2, 0.25) is 0 Å². The van der Waals surface area contributed by atoms with Gasteiger partial charge in [0.05, 0.1) is 12.1 Å². The van der Waals surface area contributed by atoms with Crippen molar-refractivity contribution in [3.05, 3.63) is 0 Å². The highest BCUT2D eigenvalue weighted by Gasteiger charge is 2.43. The Balaban J connectivity index is 1.74. The second-order valence-corrected chi connectivity index (χ2v) is 10.1. The van der Waals surface area contributed by atoms with Crippen molar-refractivity contribution in [2.45, 2.75) is 94.2 Å². The largest absolute Gasteiger partial charge is 0.388 e. The number of carbonyl (C=O) groups is 1. The van der Waals surface area contributed by atoms with Gasteiger partial charge in [-0.05, 0) is 57.2 Å². The van der Waals surface area contributed by atoms with Crippen molar-refractivity contribution < 1.29 is 33.6 Å². The van der Waals surface area contributed by atoms with Crippen LogP contribution < -0.4 is 10.6 Å². The summed E-state index contributed by atoms with van der Waals surface area (Å²) in [5.74, 6) is -2.50. The van der Waals surface area contributed by atoms with Gasteiger partial charge in [-0.3, -0.25) is 4.79 Å². The lowest BCUT2D eigenvalue weighted by molar-refractivity contribution is -0.201. The average Bonchev–Trinajstić information content (AvgIpc) is 2.71. The highest BCUT2D eigenvalue weighted by atomic mass is 32.2. The molecule has 31 heavy (non-hydrogen) atoms. The van der Waals surface area contributed by atoms with Crippen LogP contribution >= 0.6 is 11.8 Å². The molecule has 0 aromatic heterocycles. The molecule has 0 aromatic carbocycles. The van der Waals surface area contributed by atoms with Crippen LogP contribution in [0.25, 0.3) is 0 Å². The first kappa shape index (κ1) is 26.7. The minimum Gasteiger partial charge on any atom is -0.388 e. The number of alkyl halides is 2. The maximum Gasteiger partial charge on any atom is 0.245 e. The molecule has 2 rings (SSSR count). The van der Waals surface area contributed by atoms with Crippen molar-refractivity contribution >= 4 is 17.7 Å². The molecule has 2 aliphatic heterocycles. The number of amides is 1. The summed E-state index contributed by atoms with van der Waals surface area (Å²) >= 11 is 1.27. The summed E-state index contributed by atoms with van der Waals surface area (Å²) in [5.41, 5.74) is -0.610. The minimum atomic E-state index is -2.64. The first-order valence-electron chi connectivity index (χ1n) is 11.1. The molecule has 8 unspecified atom stereocenters.